The van der Waals surface area contributed by atoms with Crippen molar-refractivity contribution in [2.24, 2.45) is 7.05 Å². The number of likely N-dealkylation sites (N-methyl/N-ethyl adjacent to an activating group) is 1. The molecule has 0 aliphatic heterocycles. The quantitative estimate of drug-likeness (QED) is 0.934. The molecule has 0 saturated heterocycles. The number of aromatic nitrogens is 2. The number of rotatable bonds is 4. The van der Waals surface area contributed by atoms with E-state index in [2.05, 4.69) is 10.4 Å². The molecule has 0 aliphatic carbocycles. The zero-order valence-corrected chi connectivity index (χ0v) is 12.0. The highest BCUT2D eigenvalue weighted by molar-refractivity contribution is 6.31. The van der Waals surface area contributed by atoms with Gasteiger partial charge >= 0.3 is 0 Å². The van der Waals surface area contributed by atoms with Gasteiger partial charge in [-0.3, -0.25) is 4.68 Å². The van der Waals surface area contributed by atoms with E-state index in [1.807, 2.05) is 27.1 Å². The van der Waals surface area contributed by atoms with Crippen molar-refractivity contribution in [3.05, 3.63) is 52.1 Å². The maximum Gasteiger partial charge on any atom is 0.127 e. The molecule has 102 valence electrons. The minimum absolute atomic E-state index is 0.131. The largest absolute Gasteiger partial charge is 0.313 e. The van der Waals surface area contributed by atoms with E-state index in [0.29, 0.717) is 17.0 Å². The van der Waals surface area contributed by atoms with Crippen LogP contribution in [-0.2, 0) is 13.5 Å². The topological polar surface area (TPSA) is 29.9 Å². The highest BCUT2D eigenvalue weighted by atomic mass is 35.5. The molecular formula is C14H17ClFN3. The molecule has 0 saturated carbocycles. The second kappa shape index (κ2) is 5.72. The van der Waals surface area contributed by atoms with Crippen LogP contribution in [0, 0.1) is 12.7 Å². The summed E-state index contributed by atoms with van der Waals surface area (Å²) < 4.78 is 15.6. The van der Waals surface area contributed by atoms with Crippen LogP contribution in [0.3, 0.4) is 0 Å². The van der Waals surface area contributed by atoms with Gasteiger partial charge in [0, 0.05) is 25.1 Å². The van der Waals surface area contributed by atoms with Crippen LogP contribution in [0.5, 0.6) is 0 Å². The molecule has 1 atom stereocenters. The maximum atomic E-state index is 13.8. The smallest absolute Gasteiger partial charge is 0.127 e. The van der Waals surface area contributed by atoms with E-state index >= 15 is 0 Å². The third-order valence-corrected chi connectivity index (χ3v) is 3.78. The van der Waals surface area contributed by atoms with Gasteiger partial charge in [0.1, 0.15) is 5.82 Å². The number of nitrogens with one attached hydrogen (secondary N) is 1. The summed E-state index contributed by atoms with van der Waals surface area (Å²) in [4.78, 5) is 0. The molecule has 0 aliphatic rings. The third kappa shape index (κ3) is 2.80. The van der Waals surface area contributed by atoms with E-state index in [0.717, 1.165) is 11.4 Å². The lowest BCUT2D eigenvalue weighted by Crippen LogP contribution is -2.21. The molecule has 19 heavy (non-hydrogen) atoms. The number of halogens is 2. The van der Waals surface area contributed by atoms with Gasteiger partial charge in [-0.2, -0.15) is 5.10 Å². The van der Waals surface area contributed by atoms with Crippen LogP contribution >= 0.6 is 11.6 Å². The summed E-state index contributed by atoms with van der Waals surface area (Å²) in [5, 5.41) is 8.06. The van der Waals surface area contributed by atoms with Crippen LogP contribution in [0.25, 0.3) is 0 Å². The van der Waals surface area contributed by atoms with E-state index in [1.165, 1.54) is 6.07 Å². The van der Waals surface area contributed by atoms with Crippen molar-refractivity contribution in [2.75, 3.05) is 7.05 Å². The molecule has 1 N–H and O–H groups in total. The summed E-state index contributed by atoms with van der Waals surface area (Å²) in [6.07, 6.45) is 0.591. The zero-order chi connectivity index (χ0) is 14.0. The normalized spacial score (nSPS) is 12.7. The van der Waals surface area contributed by atoms with Crippen molar-refractivity contribution in [1.29, 1.82) is 0 Å². The van der Waals surface area contributed by atoms with Crippen molar-refractivity contribution in [2.45, 2.75) is 19.4 Å². The van der Waals surface area contributed by atoms with Gasteiger partial charge < -0.3 is 5.32 Å². The van der Waals surface area contributed by atoms with Crippen molar-refractivity contribution < 1.29 is 4.39 Å². The Morgan fingerprint density at radius 1 is 1.42 bits per heavy atom. The molecule has 0 amide bonds. The third-order valence-electron chi connectivity index (χ3n) is 3.29. The zero-order valence-electron chi connectivity index (χ0n) is 11.2. The first-order valence-corrected chi connectivity index (χ1v) is 6.52. The Bertz CT molecular complexity index is 580. The molecular weight excluding hydrogens is 265 g/mol. The molecule has 2 aromatic rings. The van der Waals surface area contributed by atoms with Crippen LogP contribution in [0.1, 0.15) is 23.0 Å². The molecule has 1 aromatic carbocycles. The Hall–Kier alpha value is -1.39. The van der Waals surface area contributed by atoms with Gasteiger partial charge in [-0.05, 0) is 20.0 Å². The average Bonchev–Trinajstić information content (AvgIpc) is 2.63. The fourth-order valence-electron chi connectivity index (χ4n) is 2.22. The molecule has 2 rings (SSSR count). The van der Waals surface area contributed by atoms with Crippen LogP contribution in [0.15, 0.2) is 24.3 Å². The Morgan fingerprint density at radius 2 is 2.11 bits per heavy atom. The van der Waals surface area contributed by atoms with Gasteiger partial charge in [0.15, 0.2) is 0 Å². The predicted molar refractivity (Wildman–Crippen MR) is 74.9 cm³/mol. The van der Waals surface area contributed by atoms with Gasteiger partial charge in [-0.25, -0.2) is 4.39 Å². The highest BCUT2D eigenvalue weighted by Crippen LogP contribution is 2.26. The van der Waals surface area contributed by atoms with Crippen molar-refractivity contribution in [3.8, 4) is 0 Å². The van der Waals surface area contributed by atoms with E-state index in [9.17, 15) is 4.39 Å². The minimum Gasteiger partial charge on any atom is -0.313 e. The highest BCUT2D eigenvalue weighted by Gasteiger charge is 2.19. The lowest BCUT2D eigenvalue weighted by molar-refractivity contribution is 0.519. The van der Waals surface area contributed by atoms with Gasteiger partial charge in [0.25, 0.3) is 0 Å². The Balaban J connectivity index is 2.32. The second-order valence-electron chi connectivity index (χ2n) is 4.54. The predicted octanol–water partition coefficient (Wildman–Crippen LogP) is 3.02. The Kier molecular flexibility index (Phi) is 4.22. The first-order valence-electron chi connectivity index (χ1n) is 6.14. The standard InChI is InChI=1S/C14H17ClFN3/c1-9-14(15)13(19(3)18-9)8-12(17-2)10-6-4-5-7-11(10)16/h4-7,12,17H,8H2,1-3H3. The first-order chi connectivity index (χ1) is 9.04. The molecule has 1 unspecified atom stereocenters. The summed E-state index contributed by atoms with van der Waals surface area (Å²) >= 11 is 6.24. The summed E-state index contributed by atoms with van der Waals surface area (Å²) in [6.45, 7) is 1.86. The number of nitrogens with zero attached hydrogens (tertiary/aromatic N) is 2. The SMILES string of the molecule is CNC(Cc1c(Cl)c(C)nn1C)c1ccccc1F. The van der Waals surface area contributed by atoms with E-state index in [-0.39, 0.29) is 11.9 Å². The lowest BCUT2D eigenvalue weighted by Gasteiger charge is -2.17. The lowest BCUT2D eigenvalue weighted by atomic mass is 10.0. The molecule has 5 heteroatoms. The maximum absolute atomic E-state index is 13.8. The number of hydrogen-bond donors (Lipinski definition) is 1. The van der Waals surface area contributed by atoms with E-state index in [1.54, 1.807) is 16.8 Å². The van der Waals surface area contributed by atoms with Crippen LogP contribution in [-0.4, -0.2) is 16.8 Å². The number of aryl methyl sites for hydroxylation is 2. The number of hydrogen-bond acceptors (Lipinski definition) is 2. The fraction of sp³-hybridized carbons (Fsp3) is 0.357. The average molecular weight is 282 g/mol. The summed E-state index contributed by atoms with van der Waals surface area (Å²) in [5.41, 5.74) is 2.34. The van der Waals surface area contributed by atoms with Crippen LogP contribution in [0.4, 0.5) is 4.39 Å². The Morgan fingerprint density at radius 3 is 2.63 bits per heavy atom. The second-order valence-corrected chi connectivity index (χ2v) is 4.91. The molecule has 0 radical (unpaired) electrons. The monoisotopic (exact) mass is 281 g/mol. The van der Waals surface area contributed by atoms with Crippen LogP contribution < -0.4 is 5.32 Å². The molecule has 0 fully saturated rings. The Labute approximate surface area is 117 Å². The molecule has 3 nitrogen and oxygen atoms in total. The molecule has 1 heterocycles. The molecule has 0 spiro atoms. The van der Waals surface area contributed by atoms with Crippen molar-refractivity contribution >= 4 is 11.6 Å². The van der Waals surface area contributed by atoms with Gasteiger partial charge in [-0.1, -0.05) is 29.8 Å². The summed E-state index contributed by atoms with van der Waals surface area (Å²) in [5.74, 6) is -0.211. The summed E-state index contributed by atoms with van der Waals surface area (Å²) in [7, 11) is 3.66. The van der Waals surface area contributed by atoms with Crippen molar-refractivity contribution in [1.82, 2.24) is 15.1 Å². The fourth-order valence-corrected chi connectivity index (χ4v) is 2.46. The van der Waals surface area contributed by atoms with E-state index < -0.39 is 0 Å². The van der Waals surface area contributed by atoms with Gasteiger partial charge in [0.2, 0.25) is 0 Å². The van der Waals surface area contributed by atoms with Gasteiger partial charge in [-0.15, -0.1) is 0 Å². The van der Waals surface area contributed by atoms with Crippen LogP contribution in [0.2, 0.25) is 5.02 Å². The van der Waals surface area contributed by atoms with Gasteiger partial charge in [0.05, 0.1) is 16.4 Å². The molecule has 0 bridgehead atoms. The van der Waals surface area contributed by atoms with E-state index in [4.69, 9.17) is 11.6 Å². The molecule has 1 aromatic heterocycles. The number of benzene rings is 1. The first kappa shape index (κ1) is 14.0. The van der Waals surface area contributed by atoms with Crippen molar-refractivity contribution in [3.63, 3.8) is 0 Å². The summed E-state index contributed by atoms with van der Waals surface area (Å²) in [6, 6.07) is 6.64. The minimum atomic E-state index is -0.211.